The summed E-state index contributed by atoms with van der Waals surface area (Å²) in [5, 5.41) is 18.2. The smallest absolute Gasteiger partial charge is 0.339 e. The largest absolute Gasteiger partial charge is 0.478 e. The number of benzene rings is 1. The molecule has 0 radical (unpaired) electrons. The second-order valence-corrected chi connectivity index (χ2v) is 6.07. The summed E-state index contributed by atoms with van der Waals surface area (Å²) in [6, 6.07) is 3.75. The zero-order chi connectivity index (χ0) is 18.1. The third-order valence-corrected chi connectivity index (χ3v) is 3.64. The molecule has 0 saturated heterocycles. The van der Waals surface area contributed by atoms with E-state index in [0.717, 1.165) is 25.3 Å². The molecule has 0 bridgehead atoms. The van der Waals surface area contributed by atoms with Gasteiger partial charge in [0.15, 0.2) is 0 Å². The summed E-state index contributed by atoms with van der Waals surface area (Å²) in [5.74, 6) is -2.99. The van der Waals surface area contributed by atoms with E-state index in [1.54, 1.807) is 0 Å². The van der Waals surface area contributed by atoms with Crippen molar-refractivity contribution in [2.24, 2.45) is 5.92 Å². The topological polar surface area (TPSA) is 101 Å². The second kappa shape index (κ2) is 9.70. The number of hydrogen-bond acceptors (Lipinski definition) is 4. The summed E-state index contributed by atoms with van der Waals surface area (Å²) < 4.78 is 5.09. The number of ether oxygens (including phenoxy) is 1. The molecule has 0 aliphatic carbocycles. The lowest BCUT2D eigenvalue weighted by Crippen LogP contribution is -2.16. The van der Waals surface area contributed by atoms with Crippen molar-refractivity contribution in [3.63, 3.8) is 0 Å². The monoisotopic (exact) mass is 336 g/mol. The fourth-order valence-electron chi connectivity index (χ4n) is 2.38. The molecule has 0 spiro atoms. The first kappa shape index (κ1) is 19.7. The minimum Gasteiger partial charge on any atom is -0.478 e. The van der Waals surface area contributed by atoms with Gasteiger partial charge in [-0.2, -0.15) is 0 Å². The predicted molar refractivity (Wildman–Crippen MR) is 88.6 cm³/mol. The van der Waals surface area contributed by atoms with Gasteiger partial charge in [0, 0.05) is 0 Å². The molecule has 2 N–H and O–H groups in total. The Morgan fingerprint density at radius 2 is 1.58 bits per heavy atom. The first-order valence-corrected chi connectivity index (χ1v) is 8.11. The van der Waals surface area contributed by atoms with E-state index in [-0.39, 0.29) is 12.2 Å². The van der Waals surface area contributed by atoms with Gasteiger partial charge in [-0.1, -0.05) is 45.6 Å². The van der Waals surface area contributed by atoms with E-state index in [1.807, 2.05) is 0 Å². The van der Waals surface area contributed by atoms with Crippen molar-refractivity contribution in [3.05, 3.63) is 34.9 Å². The Kier molecular flexibility index (Phi) is 7.95. The van der Waals surface area contributed by atoms with Crippen molar-refractivity contribution in [2.75, 3.05) is 6.61 Å². The third kappa shape index (κ3) is 6.02. The van der Waals surface area contributed by atoms with Gasteiger partial charge < -0.3 is 14.9 Å². The molecule has 6 nitrogen and oxygen atoms in total. The number of aromatic carboxylic acids is 2. The molecule has 6 heteroatoms. The summed E-state index contributed by atoms with van der Waals surface area (Å²) >= 11 is 0. The van der Waals surface area contributed by atoms with E-state index in [9.17, 15) is 19.5 Å². The second-order valence-electron chi connectivity index (χ2n) is 6.07. The van der Waals surface area contributed by atoms with Crippen LogP contribution < -0.4 is 0 Å². The molecule has 0 atom stereocenters. The number of unbranched alkanes of at least 4 members (excludes halogenated alkanes) is 3. The lowest BCUT2D eigenvalue weighted by molar-refractivity contribution is 0.0487. The highest BCUT2D eigenvalue weighted by molar-refractivity contribution is 6.09. The molecule has 0 amide bonds. The fourth-order valence-corrected chi connectivity index (χ4v) is 2.38. The Hall–Kier alpha value is -2.37. The van der Waals surface area contributed by atoms with Gasteiger partial charge in [0.25, 0.3) is 0 Å². The van der Waals surface area contributed by atoms with E-state index >= 15 is 0 Å². The molecule has 132 valence electrons. The van der Waals surface area contributed by atoms with Crippen molar-refractivity contribution in [1.82, 2.24) is 0 Å². The molecule has 0 saturated carbocycles. The van der Waals surface area contributed by atoms with Crippen LogP contribution >= 0.6 is 0 Å². The molecule has 0 fully saturated rings. The lowest BCUT2D eigenvalue weighted by Gasteiger charge is -2.09. The van der Waals surface area contributed by atoms with Gasteiger partial charge in [-0.15, -0.1) is 0 Å². The van der Waals surface area contributed by atoms with Crippen molar-refractivity contribution in [3.8, 4) is 0 Å². The fraction of sp³-hybridized carbons (Fsp3) is 0.500. The van der Waals surface area contributed by atoms with Crippen LogP contribution in [-0.4, -0.2) is 34.7 Å². The molecule has 0 aliphatic rings. The lowest BCUT2D eigenvalue weighted by atomic mass is 10.0. The van der Waals surface area contributed by atoms with Gasteiger partial charge in [0.1, 0.15) is 0 Å². The van der Waals surface area contributed by atoms with Crippen LogP contribution in [0.1, 0.15) is 77.0 Å². The average Bonchev–Trinajstić information content (AvgIpc) is 2.52. The number of rotatable bonds is 10. The molecule has 0 aromatic heterocycles. The van der Waals surface area contributed by atoms with Crippen molar-refractivity contribution < 1.29 is 29.3 Å². The average molecular weight is 336 g/mol. The van der Waals surface area contributed by atoms with Crippen molar-refractivity contribution >= 4 is 17.9 Å². The Morgan fingerprint density at radius 1 is 0.958 bits per heavy atom. The molecule has 24 heavy (non-hydrogen) atoms. The van der Waals surface area contributed by atoms with Crippen LogP contribution in [0.15, 0.2) is 18.2 Å². The normalized spacial score (nSPS) is 10.6. The number of carbonyl (C=O) groups excluding carboxylic acids is 1. The highest BCUT2D eigenvalue weighted by Gasteiger charge is 2.24. The summed E-state index contributed by atoms with van der Waals surface area (Å²) in [4.78, 5) is 34.4. The van der Waals surface area contributed by atoms with Gasteiger partial charge >= 0.3 is 17.9 Å². The number of carboxylic acids is 2. The first-order chi connectivity index (χ1) is 11.3. The van der Waals surface area contributed by atoms with E-state index in [2.05, 4.69) is 13.8 Å². The molecular weight excluding hydrogens is 312 g/mol. The van der Waals surface area contributed by atoms with Crippen LogP contribution in [0.5, 0.6) is 0 Å². The Morgan fingerprint density at radius 3 is 2.17 bits per heavy atom. The number of hydrogen-bond donors (Lipinski definition) is 2. The summed E-state index contributed by atoms with van der Waals surface area (Å²) in [6.07, 6.45) is 5.00. The van der Waals surface area contributed by atoms with Crippen LogP contribution in [0.3, 0.4) is 0 Å². The Balaban J connectivity index is 2.58. The Labute approximate surface area is 141 Å². The molecule has 1 aromatic carbocycles. The molecule has 0 aliphatic heterocycles. The summed E-state index contributed by atoms with van der Waals surface area (Å²) in [6.45, 7) is 4.54. The molecular formula is C18H24O6. The maximum atomic E-state index is 12.0. The molecule has 1 aromatic rings. The minimum absolute atomic E-state index is 0.191. The zero-order valence-electron chi connectivity index (χ0n) is 14.1. The van der Waals surface area contributed by atoms with E-state index < -0.39 is 29.0 Å². The molecule has 1 rings (SSSR count). The van der Waals surface area contributed by atoms with Gasteiger partial charge in [-0.25, -0.2) is 14.4 Å². The maximum Gasteiger partial charge on any atom is 0.339 e. The number of esters is 1. The molecule has 0 unspecified atom stereocenters. The highest BCUT2D eigenvalue weighted by atomic mass is 16.5. The van der Waals surface area contributed by atoms with Gasteiger partial charge in [0.05, 0.1) is 23.3 Å². The number of carboxylic acid groups (broad SMARTS) is 2. The first-order valence-electron chi connectivity index (χ1n) is 8.11. The maximum absolute atomic E-state index is 12.0. The van der Waals surface area contributed by atoms with Gasteiger partial charge in [-0.3, -0.25) is 0 Å². The van der Waals surface area contributed by atoms with Gasteiger partial charge in [-0.05, 0) is 24.5 Å². The van der Waals surface area contributed by atoms with Crippen LogP contribution in [0.25, 0.3) is 0 Å². The standard InChI is InChI=1S/C18H24O6/c1-12(2)8-5-3-4-6-11-24-18(23)14-10-7-9-13(16(19)20)15(14)17(21)22/h7,9-10,12H,3-6,8,11H2,1-2H3,(H,19,20)(H,21,22). The predicted octanol–water partition coefficient (Wildman–Crippen LogP) is 3.85. The van der Waals surface area contributed by atoms with E-state index in [1.165, 1.54) is 18.6 Å². The van der Waals surface area contributed by atoms with Crippen molar-refractivity contribution in [1.29, 1.82) is 0 Å². The highest BCUT2D eigenvalue weighted by Crippen LogP contribution is 2.17. The minimum atomic E-state index is -1.46. The third-order valence-electron chi connectivity index (χ3n) is 3.64. The summed E-state index contributed by atoms with van der Waals surface area (Å²) in [7, 11) is 0. The Bertz CT molecular complexity index is 591. The van der Waals surface area contributed by atoms with Crippen LogP contribution in [-0.2, 0) is 4.74 Å². The van der Waals surface area contributed by atoms with Crippen molar-refractivity contribution in [2.45, 2.75) is 46.0 Å². The summed E-state index contributed by atoms with van der Waals surface area (Å²) in [5.41, 5.74) is -1.19. The SMILES string of the molecule is CC(C)CCCCCCOC(=O)c1cccc(C(=O)O)c1C(=O)O. The van der Waals surface area contributed by atoms with E-state index in [4.69, 9.17) is 9.84 Å². The number of carbonyl (C=O) groups is 3. The zero-order valence-corrected chi connectivity index (χ0v) is 14.1. The van der Waals surface area contributed by atoms with Crippen LogP contribution in [0.4, 0.5) is 0 Å². The van der Waals surface area contributed by atoms with Gasteiger partial charge in [0.2, 0.25) is 0 Å². The van der Waals surface area contributed by atoms with E-state index in [0.29, 0.717) is 12.3 Å². The van der Waals surface area contributed by atoms with Crippen LogP contribution in [0, 0.1) is 5.92 Å². The molecule has 0 heterocycles. The van der Waals surface area contributed by atoms with Crippen LogP contribution in [0.2, 0.25) is 0 Å². The quantitative estimate of drug-likeness (QED) is 0.497.